The summed E-state index contributed by atoms with van der Waals surface area (Å²) < 4.78 is 1.55. The lowest BCUT2D eigenvalue weighted by Crippen LogP contribution is -2.26. The van der Waals surface area contributed by atoms with Crippen molar-refractivity contribution >= 4 is 23.6 Å². The van der Waals surface area contributed by atoms with Crippen molar-refractivity contribution in [2.75, 3.05) is 18.0 Å². The van der Waals surface area contributed by atoms with Gasteiger partial charge in [-0.2, -0.15) is 4.52 Å². The van der Waals surface area contributed by atoms with Gasteiger partial charge in [-0.15, -0.1) is 0 Å². The van der Waals surface area contributed by atoms with Crippen LogP contribution < -0.4 is 21.2 Å². The van der Waals surface area contributed by atoms with E-state index in [0.29, 0.717) is 22.3 Å². The molecule has 1 fully saturated rings. The molecule has 2 heterocycles. The molecule has 0 amide bonds. The molecule has 176 valence electrons. The molecule has 3 aromatic rings. The van der Waals surface area contributed by atoms with Crippen LogP contribution in [0.5, 0.6) is 0 Å². The number of nitrogens with one attached hydrogen (secondary N) is 1. The van der Waals surface area contributed by atoms with Gasteiger partial charge in [0.15, 0.2) is 5.65 Å². The van der Waals surface area contributed by atoms with Crippen LogP contribution in [0.4, 0.5) is 11.4 Å². The fourth-order valence-electron chi connectivity index (χ4n) is 5.14. The van der Waals surface area contributed by atoms with Crippen LogP contribution >= 0.6 is 0 Å². The highest BCUT2D eigenvalue weighted by Crippen LogP contribution is 2.33. The molecule has 1 aromatic carbocycles. The number of rotatable bonds is 7. The number of hydrogen-bond donors (Lipinski definition) is 1. The molecule has 6 heteroatoms. The third kappa shape index (κ3) is 4.48. The Kier molecular flexibility index (Phi) is 7.01. The number of anilines is 1. The highest BCUT2D eigenvalue weighted by Gasteiger charge is 2.24. The molecule has 1 saturated carbocycles. The lowest BCUT2D eigenvalue weighted by Gasteiger charge is -2.23. The van der Waals surface area contributed by atoms with Gasteiger partial charge < -0.3 is 4.90 Å². The van der Waals surface area contributed by atoms with E-state index in [4.69, 9.17) is 9.98 Å². The standard InChI is InChI=1S/C27H37N5O/c1-6-12-22-25(20-13-10-9-11-14-20)29-26-24(19(5)30-32(26)27(22)33)28-23-16-15-21(17-18(23)4)31(7-2)8-3/h15-17,20,30H,5-14H2,1-4H3. The molecular formula is C27H37N5O. The van der Waals surface area contributed by atoms with Crippen molar-refractivity contribution in [3.63, 3.8) is 0 Å². The molecule has 0 unspecified atom stereocenters. The van der Waals surface area contributed by atoms with E-state index in [9.17, 15) is 4.79 Å². The second kappa shape index (κ2) is 9.94. The minimum absolute atomic E-state index is 0.00220. The predicted octanol–water partition coefficient (Wildman–Crippen LogP) is 4.54. The number of hydrogen-bond acceptors (Lipinski definition) is 4. The molecule has 1 N–H and O–H groups in total. The molecule has 0 radical (unpaired) electrons. The fraction of sp³-hybridized carbons (Fsp3) is 0.519. The number of aromatic amines is 1. The van der Waals surface area contributed by atoms with Crippen molar-refractivity contribution in [1.82, 2.24) is 14.6 Å². The zero-order valence-electron chi connectivity index (χ0n) is 20.6. The van der Waals surface area contributed by atoms with Crippen LogP contribution in [0.1, 0.15) is 82.0 Å². The van der Waals surface area contributed by atoms with Crippen molar-refractivity contribution in [1.29, 1.82) is 0 Å². The van der Waals surface area contributed by atoms with E-state index in [2.05, 4.69) is 62.5 Å². The summed E-state index contributed by atoms with van der Waals surface area (Å²) in [5.74, 6) is 0.365. The summed E-state index contributed by atoms with van der Waals surface area (Å²) in [5, 5.41) is 4.42. The van der Waals surface area contributed by atoms with E-state index in [1.165, 1.54) is 24.9 Å². The molecule has 33 heavy (non-hydrogen) atoms. The van der Waals surface area contributed by atoms with Crippen LogP contribution in [0.25, 0.3) is 12.2 Å². The first-order valence-electron chi connectivity index (χ1n) is 12.5. The van der Waals surface area contributed by atoms with Crippen molar-refractivity contribution in [3.05, 3.63) is 56.1 Å². The van der Waals surface area contributed by atoms with Crippen molar-refractivity contribution < 1.29 is 0 Å². The third-order valence-corrected chi connectivity index (χ3v) is 6.99. The van der Waals surface area contributed by atoms with Gasteiger partial charge in [-0.1, -0.05) is 39.2 Å². The van der Waals surface area contributed by atoms with Crippen LogP contribution in [0.3, 0.4) is 0 Å². The minimum atomic E-state index is 0.00220. The molecule has 1 aliphatic carbocycles. The number of fused-ring (bicyclic) bond motifs is 1. The molecule has 6 nitrogen and oxygen atoms in total. The normalized spacial score (nSPS) is 15.5. The third-order valence-electron chi connectivity index (χ3n) is 6.99. The smallest absolute Gasteiger partial charge is 0.276 e. The summed E-state index contributed by atoms with van der Waals surface area (Å²) in [5.41, 5.74) is 5.61. The Morgan fingerprint density at radius 1 is 1.18 bits per heavy atom. The van der Waals surface area contributed by atoms with E-state index in [-0.39, 0.29) is 5.56 Å². The number of nitrogens with zero attached hydrogens (tertiary/aromatic N) is 4. The van der Waals surface area contributed by atoms with Gasteiger partial charge in [-0.3, -0.25) is 9.89 Å². The van der Waals surface area contributed by atoms with Crippen molar-refractivity contribution in [2.24, 2.45) is 4.99 Å². The maximum absolute atomic E-state index is 13.5. The number of aromatic nitrogens is 3. The van der Waals surface area contributed by atoms with Crippen LogP contribution in [0.2, 0.25) is 0 Å². The maximum atomic E-state index is 13.5. The lowest BCUT2D eigenvalue weighted by atomic mass is 9.84. The van der Waals surface area contributed by atoms with E-state index in [0.717, 1.165) is 61.3 Å². The zero-order valence-corrected chi connectivity index (χ0v) is 20.6. The highest BCUT2D eigenvalue weighted by atomic mass is 16.1. The Labute approximate surface area is 196 Å². The van der Waals surface area contributed by atoms with Crippen LogP contribution in [-0.2, 0) is 6.42 Å². The van der Waals surface area contributed by atoms with Gasteiger partial charge in [0.05, 0.1) is 16.7 Å². The van der Waals surface area contributed by atoms with Gasteiger partial charge in [0.25, 0.3) is 5.56 Å². The van der Waals surface area contributed by atoms with Gasteiger partial charge >= 0.3 is 0 Å². The molecule has 1 aliphatic rings. The largest absolute Gasteiger partial charge is 0.372 e. The number of H-pyrrole nitrogens is 1. The van der Waals surface area contributed by atoms with E-state index in [1.54, 1.807) is 4.52 Å². The summed E-state index contributed by atoms with van der Waals surface area (Å²) in [7, 11) is 0. The van der Waals surface area contributed by atoms with Gasteiger partial charge in [-0.25, -0.2) is 9.98 Å². The van der Waals surface area contributed by atoms with Crippen molar-refractivity contribution in [2.45, 2.75) is 78.6 Å². The molecule has 0 saturated heterocycles. The summed E-state index contributed by atoms with van der Waals surface area (Å²) in [6, 6.07) is 6.34. The van der Waals surface area contributed by atoms with Gasteiger partial charge in [0, 0.05) is 30.3 Å². The van der Waals surface area contributed by atoms with Gasteiger partial charge in [0.2, 0.25) is 0 Å². The Hall–Kier alpha value is -2.89. The lowest BCUT2D eigenvalue weighted by molar-refractivity contribution is 0.433. The predicted molar refractivity (Wildman–Crippen MR) is 136 cm³/mol. The van der Waals surface area contributed by atoms with Crippen LogP contribution in [0.15, 0.2) is 28.0 Å². The van der Waals surface area contributed by atoms with E-state index in [1.807, 2.05) is 0 Å². The molecule has 0 atom stereocenters. The fourth-order valence-corrected chi connectivity index (χ4v) is 5.14. The summed E-state index contributed by atoms with van der Waals surface area (Å²) in [6.07, 6.45) is 7.59. The molecule has 0 aliphatic heterocycles. The molecule has 2 aromatic heterocycles. The summed E-state index contributed by atoms with van der Waals surface area (Å²) in [6.45, 7) is 14.6. The number of benzene rings is 1. The molecular weight excluding hydrogens is 410 g/mol. The average molecular weight is 448 g/mol. The summed E-state index contributed by atoms with van der Waals surface area (Å²) >= 11 is 0. The van der Waals surface area contributed by atoms with Gasteiger partial charge in [0.1, 0.15) is 5.36 Å². The van der Waals surface area contributed by atoms with Gasteiger partial charge in [-0.05, 0) is 63.8 Å². The SMILES string of the molecule is C=c1[nH]n2c(=O)c(CCC)c(C3CCCCC3)nc2c1=Nc1ccc(N(CC)CC)cc1C. The molecule has 0 spiro atoms. The monoisotopic (exact) mass is 447 g/mol. The first-order valence-corrected chi connectivity index (χ1v) is 12.5. The Balaban J connectivity index is 1.89. The Morgan fingerprint density at radius 2 is 1.91 bits per heavy atom. The molecule has 4 rings (SSSR count). The average Bonchev–Trinajstić information content (AvgIpc) is 3.14. The second-order valence-electron chi connectivity index (χ2n) is 9.22. The van der Waals surface area contributed by atoms with Crippen LogP contribution in [-0.4, -0.2) is 27.7 Å². The Morgan fingerprint density at radius 3 is 2.55 bits per heavy atom. The first kappa shape index (κ1) is 23.3. The van der Waals surface area contributed by atoms with Crippen molar-refractivity contribution in [3.8, 4) is 0 Å². The van der Waals surface area contributed by atoms with E-state index < -0.39 is 0 Å². The molecule has 0 bridgehead atoms. The Bertz CT molecular complexity index is 1290. The minimum Gasteiger partial charge on any atom is -0.372 e. The highest BCUT2D eigenvalue weighted by molar-refractivity contribution is 5.58. The maximum Gasteiger partial charge on any atom is 0.276 e. The first-order chi connectivity index (χ1) is 16.0. The topological polar surface area (TPSA) is 65.8 Å². The van der Waals surface area contributed by atoms with E-state index >= 15 is 0 Å². The summed E-state index contributed by atoms with van der Waals surface area (Å²) in [4.78, 5) is 25.8. The quantitative estimate of drug-likeness (QED) is 0.578. The van der Waals surface area contributed by atoms with Crippen LogP contribution in [0, 0.1) is 6.92 Å². The zero-order chi connectivity index (χ0) is 23.5. The second-order valence-corrected chi connectivity index (χ2v) is 9.22. The number of aryl methyl sites for hydroxylation is 1.